The Morgan fingerprint density at radius 1 is 1.24 bits per heavy atom. The Morgan fingerprint density at radius 3 is 2.62 bits per heavy atom. The zero-order chi connectivity index (χ0) is 15.0. The summed E-state index contributed by atoms with van der Waals surface area (Å²) in [6.07, 6.45) is -2.32. The Bertz CT molecular complexity index is 553. The molecule has 0 radical (unpaired) electrons. The molecule has 0 spiro atoms. The first-order valence-corrected chi connectivity index (χ1v) is 6.73. The number of hydrogen-bond acceptors (Lipinski definition) is 6. The van der Waals surface area contributed by atoms with Gasteiger partial charge in [0, 0.05) is 0 Å². The molecule has 0 amide bonds. The van der Waals surface area contributed by atoms with Crippen LogP contribution in [-0.4, -0.2) is 42.6 Å². The molecule has 21 heavy (non-hydrogen) atoms. The normalized spacial score (nSPS) is 30.2. The SMILES string of the molecule is CC1(C)O[C@@H]2O[C@H](COC(=O)c3ccccc3)C(=O)[C@@H]2O1. The van der Waals surface area contributed by atoms with Gasteiger partial charge >= 0.3 is 5.97 Å². The number of benzene rings is 1. The lowest BCUT2D eigenvalue weighted by molar-refractivity contribution is -0.207. The van der Waals surface area contributed by atoms with Crippen molar-refractivity contribution in [2.75, 3.05) is 6.61 Å². The minimum Gasteiger partial charge on any atom is -0.459 e. The second-order valence-corrected chi connectivity index (χ2v) is 5.42. The van der Waals surface area contributed by atoms with Gasteiger partial charge < -0.3 is 18.9 Å². The summed E-state index contributed by atoms with van der Waals surface area (Å²) in [5.74, 6) is -1.59. The maximum absolute atomic E-state index is 12.1. The van der Waals surface area contributed by atoms with Gasteiger partial charge in [0.25, 0.3) is 0 Å². The van der Waals surface area contributed by atoms with Gasteiger partial charge in [0.15, 0.2) is 30.1 Å². The lowest BCUT2D eigenvalue weighted by Crippen LogP contribution is -2.33. The van der Waals surface area contributed by atoms with Gasteiger partial charge in [-0.05, 0) is 26.0 Å². The number of Topliss-reactive ketones (excluding diaryl/α,β-unsaturated/α-hetero) is 1. The van der Waals surface area contributed by atoms with Crippen LogP contribution in [0, 0.1) is 0 Å². The summed E-state index contributed by atoms with van der Waals surface area (Å²) in [7, 11) is 0. The highest BCUT2D eigenvalue weighted by atomic mass is 16.8. The Labute approximate surface area is 121 Å². The standard InChI is InChI=1S/C15H16O6/c1-15(2)20-12-11(16)10(19-14(12)21-15)8-18-13(17)9-6-4-3-5-7-9/h3-7,10,12,14H,8H2,1-2H3/t10-,12+,14+/m1/s1. The largest absolute Gasteiger partial charge is 0.459 e. The lowest BCUT2D eigenvalue weighted by Gasteiger charge is -2.19. The molecule has 0 bridgehead atoms. The molecule has 2 fully saturated rings. The highest BCUT2D eigenvalue weighted by molar-refractivity contribution is 5.92. The third-order valence-corrected chi connectivity index (χ3v) is 3.33. The molecule has 3 rings (SSSR count). The zero-order valence-corrected chi connectivity index (χ0v) is 11.8. The van der Waals surface area contributed by atoms with Crippen LogP contribution in [-0.2, 0) is 23.7 Å². The first-order chi connectivity index (χ1) is 9.96. The third-order valence-electron chi connectivity index (χ3n) is 3.33. The van der Waals surface area contributed by atoms with E-state index in [1.165, 1.54) is 0 Å². The summed E-state index contributed by atoms with van der Waals surface area (Å²) in [6.45, 7) is 3.28. The van der Waals surface area contributed by atoms with Crippen molar-refractivity contribution >= 4 is 11.8 Å². The Morgan fingerprint density at radius 2 is 1.95 bits per heavy atom. The van der Waals surface area contributed by atoms with Crippen molar-refractivity contribution in [3.63, 3.8) is 0 Å². The minimum absolute atomic E-state index is 0.146. The van der Waals surface area contributed by atoms with Crippen LogP contribution in [0.25, 0.3) is 0 Å². The molecule has 0 aromatic heterocycles. The van der Waals surface area contributed by atoms with Crippen molar-refractivity contribution in [2.45, 2.75) is 38.1 Å². The van der Waals surface area contributed by atoms with Gasteiger partial charge in [-0.1, -0.05) is 18.2 Å². The lowest BCUT2D eigenvalue weighted by atomic mass is 10.2. The van der Waals surface area contributed by atoms with E-state index in [0.717, 1.165) is 0 Å². The number of rotatable bonds is 3. The molecule has 2 heterocycles. The summed E-state index contributed by atoms with van der Waals surface area (Å²) >= 11 is 0. The van der Waals surface area contributed by atoms with Crippen molar-refractivity contribution in [1.82, 2.24) is 0 Å². The molecule has 6 nitrogen and oxygen atoms in total. The van der Waals surface area contributed by atoms with Gasteiger partial charge in [-0.15, -0.1) is 0 Å². The first-order valence-electron chi connectivity index (χ1n) is 6.73. The molecule has 2 aliphatic rings. The van der Waals surface area contributed by atoms with Gasteiger partial charge in [-0.25, -0.2) is 4.79 Å². The molecule has 2 saturated heterocycles. The van der Waals surface area contributed by atoms with Crippen molar-refractivity contribution in [3.05, 3.63) is 35.9 Å². The van der Waals surface area contributed by atoms with E-state index in [1.54, 1.807) is 44.2 Å². The Hall–Kier alpha value is -1.76. The summed E-state index contributed by atoms with van der Waals surface area (Å²) in [5, 5.41) is 0. The molecule has 1 aromatic rings. The summed E-state index contributed by atoms with van der Waals surface area (Å²) in [6, 6.07) is 8.56. The van der Waals surface area contributed by atoms with Crippen LogP contribution in [0.5, 0.6) is 0 Å². The van der Waals surface area contributed by atoms with E-state index in [4.69, 9.17) is 18.9 Å². The number of fused-ring (bicyclic) bond motifs is 1. The average molecular weight is 292 g/mol. The van der Waals surface area contributed by atoms with Crippen LogP contribution < -0.4 is 0 Å². The van der Waals surface area contributed by atoms with E-state index in [1.807, 2.05) is 0 Å². The average Bonchev–Trinajstić information content (AvgIpc) is 2.91. The molecule has 1 aromatic carbocycles. The number of esters is 1. The number of hydrogen-bond donors (Lipinski definition) is 0. The number of carbonyl (C=O) groups is 2. The van der Waals surface area contributed by atoms with Crippen molar-refractivity contribution in [2.24, 2.45) is 0 Å². The summed E-state index contributed by atoms with van der Waals surface area (Å²) in [5.41, 5.74) is 0.428. The third kappa shape index (κ3) is 2.83. The van der Waals surface area contributed by atoms with E-state index in [0.29, 0.717) is 5.56 Å². The van der Waals surface area contributed by atoms with Crippen LogP contribution in [0.1, 0.15) is 24.2 Å². The first kappa shape index (κ1) is 14.2. The predicted molar refractivity (Wildman–Crippen MR) is 70.4 cm³/mol. The fraction of sp³-hybridized carbons (Fsp3) is 0.467. The Kier molecular flexibility index (Phi) is 3.52. The van der Waals surface area contributed by atoms with E-state index in [2.05, 4.69) is 0 Å². The second kappa shape index (κ2) is 5.22. The van der Waals surface area contributed by atoms with Crippen LogP contribution in [0.4, 0.5) is 0 Å². The highest BCUT2D eigenvalue weighted by Crippen LogP contribution is 2.35. The van der Waals surface area contributed by atoms with Crippen molar-refractivity contribution in [1.29, 1.82) is 0 Å². The summed E-state index contributed by atoms with van der Waals surface area (Å²) in [4.78, 5) is 23.9. The maximum atomic E-state index is 12.1. The maximum Gasteiger partial charge on any atom is 0.338 e. The Balaban J connectivity index is 1.56. The number of carbonyl (C=O) groups excluding carboxylic acids is 2. The van der Waals surface area contributed by atoms with Gasteiger partial charge in [-0.3, -0.25) is 4.79 Å². The molecule has 0 unspecified atom stereocenters. The van der Waals surface area contributed by atoms with Crippen molar-refractivity contribution < 1.29 is 28.5 Å². The molecule has 112 valence electrons. The molecular formula is C15H16O6. The molecular weight excluding hydrogens is 276 g/mol. The fourth-order valence-corrected chi connectivity index (χ4v) is 2.36. The van der Waals surface area contributed by atoms with E-state index < -0.39 is 30.3 Å². The van der Waals surface area contributed by atoms with Crippen LogP contribution in [0.2, 0.25) is 0 Å². The molecule has 6 heteroatoms. The van der Waals surface area contributed by atoms with Crippen LogP contribution in [0.15, 0.2) is 30.3 Å². The van der Waals surface area contributed by atoms with Crippen LogP contribution >= 0.6 is 0 Å². The highest BCUT2D eigenvalue weighted by Gasteiger charge is 2.54. The minimum atomic E-state index is -0.844. The summed E-state index contributed by atoms with van der Waals surface area (Å²) < 4.78 is 21.5. The van der Waals surface area contributed by atoms with E-state index >= 15 is 0 Å². The topological polar surface area (TPSA) is 71.1 Å². The molecule has 3 atom stereocenters. The molecule has 0 N–H and O–H groups in total. The molecule has 0 aliphatic carbocycles. The van der Waals surface area contributed by atoms with Gasteiger partial charge in [0.1, 0.15) is 6.61 Å². The van der Waals surface area contributed by atoms with Crippen LogP contribution in [0.3, 0.4) is 0 Å². The molecule has 0 saturated carbocycles. The molecule has 2 aliphatic heterocycles. The number of ketones is 1. The second-order valence-electron chi connectivity index (χ2n) is 5.42. The number of ether oxygens (including phenoxy) is 4. The van der Waals surface area contributed by atoms with Gasteiger partial charge in [0.2, 0.25) is 0 Å². The van der Waals surface area contributed by atoms with Crippen molar-refractivity contribution in [3.8, 4) is 0 Å². The van der Waals surface area contributed by atoms with E-state index in [-0.39, 0.29) is 12.4 Å². The predicted octanol–water partition coefficient (Wildman–Crippen LogP) is 1.29. The smallest absolute Gasteiger partial charge is 0.338 e. The van der Waals surface area contributed by atoms with Gasteiger partial charge in [0.05, 0.1) is 5.56 Å². The zero-order valence-electron chi connectivity index (χ0n) is 11.8. The quantitative estimate of drug-likeness (QED) is 0.782. The van der Waals surface area contributed by atoms with Gasteiger partial charge in [-0.2, -0.15) is 0 Å². The fourth-order valence-electron chi connectivity index (χ4n) is 2.36. The monoisotopic (exact) mass is 292 g/mol. The van der Waals surface area contributed by atoms with E-state index in [9.17, 15) is 9.59 Å².